The van der Waals surface area contributed by atoms with Gasteiger partial charge in [0.1, 0.15) is 31.0 Å². The maximum atomic E-state index is 13.0. The summed E-state index contributed by atoms with van der Waals surface area (Å²) in [6.07, 6.45) is 3.80. The number of hydrogen-bond acceptors (Lipinski definition) is 14. The molecule has 2 aliphatic rings. The van der Waals surface area contributed by atoms with Gasteiger partial charge in [0.05, 0.1) is 11.4 Å². The Hall–Kier alpha value is -5.98. The van der Waals surface area contributed by atoms with Crippen LogP contribution in [0.4, 0.5) is 11.4 Å². The SMILES string of the molecule is O=C1/C(=N/Nc2ccc(/C=C/c3ccc(N/N=C4\C=C(S(=O)(=O)O)c5ccccc5C4=O)cc3S(=O)(=O)O)c(S(=O)(=O)O)c2)C=C(S(=O)(=O)O)c2ccccc21. The molecule has 0 atom stereocenters. The molecule has 2 aliphatic carbocycles. The van der Waals surface area contributed by atoms with Gasteiger partial charge in [0.2, 0.25) is 11.6 Å². The van der Waals surface area contributed by atoms with E-state index in [0.717, 1.165) is 48.6 Å². The van der Waals surface area contributed by atoms with Crippen molar-refractivity contribution in [2.75, 3.05) is 10.9 Å². The lowest BCUT2D eigenvalue weighted by atomic mass is 9.95. The highest BCUT2D eigenvalue weighted by Gasteiger charge is 2.31. The molecule has 22 heteroatoms. The maximum absolute atomic E-state index is 13.0. The summed E-state index contributed by atoms with van der Waals surface area (Å²) in [7, 11) is -19.6. The molecule has 0 saturated carbocycles. The fraction of sp³-hybridized carbons (Fsp3) is 0. The average molecular weight is 841 g/mol. The van der Waals surface area contributed by atoms with Crippen molar-refractivity contribution < 1.29 is 61.5 Å². The fourth-order valence-corrected chi connectivity index (χ4v) is 8.41. The summed E-state index contributed by atoms with van der Waals surface area (Å²) in [5.41, 5.74) is 2.94. The van der Waals surface area contributed by atoms with Gasteiger partial charge in [0, 0.05) is 22.3 Å². The minimum Gasteiger partial charge on any atom is -0.287 e. The smallest absolute Gasteiger partial charge is 0.287 e. The molecule has 0 heterocycles. The van der Waals surface area contributed by atoms with Crippen molar-refractivity contribution in [2.24, 2.45) is 10.2 Å². The normalized spacial score (nSPS) is 16.4. The van der Waals surface area contributed by atoms with Gasteiger partial charge in [-0.15, -0.1) is 0 Å². The van der Waals surface area contributed by atoms with Crippen LogP contribution in [0.15, 0.2) is 117 Å². The number of fused-ring (bicyclic) bond motifs is 2. The number of carbonyl (C=O) groups excluding carboxylic acids is 2. The van der Waals surface area contributed by atoms with Crippen LogP contribution in [-0.2, 0) is 40.5 Å². The zero-order valence-electron chi connectivity index (χ0n) is 27.8. The number of rotatable bonds is 10. The number of benzene rings is 4. The van der Waals surface area contributed by atoms with Crippen molar-refractivity contribution in [3.8, 4) is 0 Å². The van der Waals surface area contributed by atoms with E-state index in [9.17, 15) is 61.5 Å². The van der Waals surface area contributed by atoms with Gasteiger partial charge in [0.15, 0.2) is 0 Å². The van der Waals surface area contributed by atoms with E-state index in [2.05, 4.69) is 21.1 Å². The summed E-state index contributed by atoms with van der Waals surface area (Å²) in [6.45, 7) is 0. The van der Waals surface area contributed by atoms with Crippen LogP contribution in [0.5, 0.6) is 0 Å². The second-order valence-electron chi connectivity index (χ2n) is 11.7. The standard InChI is InChI=1S/C34H24N4O14S4/c39-33-25-7-3-1-5-23(25)31(55(47,48)49)17-27(33)37-35-21-13-11-19(29(15-21)53(41,42)43)9-10-20-12-14-22(16-30(20)54(44,45)46)36-38-28-18-32(56(50,51)52)24-6-2-4-8-26(24)34(28)40/h1-18,35-36H,(H,41,42,43)(H,44,45,46)(H,47,48,49)(H,50,51,52)/b10-9+,37-27+,38-28+. The number of Topliss-reactive ketones (excluding diaryl/α,β-unsaturated/α-hetero) is 2. The Morgan fingerprint density at radius 1 is 0.464 bits per heavy atom. The predicted molar refractivity (Wildman–Crippen MR) is 204 cm³/mol. The maximum Gasteiger partial charge on any atom is 0.295 e. The molecule has 0 aliphatic heterocycles. The van der Waals surface area contributed by atoms with E-state index in [0.29, 0.717) is 0 Å². The van der Waals surface area contributed by atoms with Crippen LogP contribution in [0.3, 0.4) is 0 Å². The molecule has 0 fully saturated rings. The van der Waals surface area contributed by atoms with Gasteiger partial charge in [-0.25, -0.2) is 0 Å². The van der Waals surface area contributed by atoms with Gasteiger partial charge in [-0.1, -0.05) is 72.8 Å². The van der Waals surface area contributed by atoms with E-state index in [1.165, 1.54) is 60.7 Å². The molecule has 0 radical (unpaired) electrons. The zero-order valence-corrected chi connectivity index (χ0v) is 31.1. The lowest BCUT2D eigenvalue weighted by Crippen LogP contribution is -2.22. The zero-order chi connectivity index (χ0) is 40.8. The largest absolute Gasteiger partial charge is 0.295 e. The number of ketones is 2. The monoisotopic (exact) mass is 840 g/mol. The van der Waals surface area contributed by atoms with E-state index < -0.39 is 83.1 Å². The Balaban J connectivity index is 1.30. The number of hydrazone groups is 2. The summed E-state index contributed by atoms with van der Waals surface area (Å²) in [4.78, 5) is 23.3. The summed E-state index contributed by atoms with van der Waals surface area (Å²) >= 11 is 0. The molecule has 4 aromatic rings. The molecule has 0 aromatic heterocycles. The lowest BCUT2D eigenvalue weighted by Gasteiger charge is -2.16. The van der Waals surface area contributed by atoms with Gasteiger partial charge in [0.25, 0.3) is 40.5 Å². The Labute approximate surface area is 318 Å². The van der Waals surface area contributed by atoms with E-state index in [-0.39, 0.29) is 44.8 Å². The molecule has 0 saturated heterocycles. The number of anilines is 2. The molecule has 56 heavy (non-hydrogen) atoms. The van der Waals surface area contributed by atoms with Crippen molar-refractivity contribution in [1.29, 1.82) is 0 Å². The minimum atomic E-state index is -4.99. The minimum absolute atomic E-state index is 0.0578. The summed E-state index contributed by atoms with van der Waals surface area (Å²) in [5.74, 6) is -1.45. The molecule has 288 valence electrons. The van der Waals surface area contributed by atoms with Crippen LogP contribution >= 0.6 is 0 Å². The van der Waals surface area contributed by atoms with Crippen LogP contribution in [0.25, 0.3) is 22.0 Å². The molecule has 0 bridgehead atoms. The number of hydrogen-bond donors (Lipinski definition) is 6. The Bertz CT molecular complexity index is 2800. The number of allylic oxidation sites excluding steroid dienone is 2. The van der Waals surface area contributed by atoms with Crippen LogP contribution < -0.4 is 10.9 Å². The van der Waals surface area contributed by atoms with Crippen molar-refractivity contribution in [3.63, 3.8) is 0 Å². The highest BCUT2D eigenvalue weighted by atomic mass is 32.2. The van der Waals surface area contributed by atoms with E-state index in [4.69, 9.17) is 0 Å². The second kappa shape index (κ2) is 14.6. The van der Waals surface area contributed by atoms with Crippen LogP contribution in [-0.4, -0.2) is 74.9 Å². The Morgan fingerprint density at radius 3 is 1.12 bits per heavy atom. The highest BCUT2D eigenvalue weighted by molar-refractivity contribution is 7.95. The number of nitrogens with zero attached hydrogens (tertiary/aromatic N) is 2. The van der Waals surface area contributed by atoms with Crippen LogP contribution in [0.2, 0.25) is 0 Å². The summed E-state index contributed by atoms with van der Waals surface area (Å²) in [5, 5.41) is 7.73. The van der Waals surface area contributed by atoms with Gasteiger partial charge in [-0.05, 0) is 47.5 Å². The molecule has 6 N–H and O–H groups in total. The molecule has 4 aromatic carbocycles. The topological polar surface area (TPSA) is 300 Å². The molecular formula is C34H24N4O14S4. The molecule has 0 unspecified atom stereocenters. The van der Waals surface area contributed by atoms with Gasteiger partial charge in [-0.2, -0.15) is 43.9 Å². The molecule has 18 nitrogen and oxygen atoms in total. The van der Waals surface area contributed by atoms with E-state index in [1.54, 1.807) is 0 Å². The first-order valence-corrected chi connectivity index (χ1v) is 21.1. The van der Waals surface area contributed by atoms with Crippen LogP contribution in [0.1, 0.15) is 43.0 Å². The van der Waals surface area contributed by atoms with Crippen LogP contribution in [0, 0.1) is 0 Å². The van der Waals surface area contributed by atoms with Gasteiger partial charge in [-0.3, -0.25) is 38.7 Å². The first kappa shape index (κ1) is 39.7. The van der Waals surface area contributed by atoms with Crippen molar-refractivity contribution in [2.45, 2.75) is 9.79 Å². The lowest BCUT2D eigenvalue weighted by molar-refractivity contribution is 0.105. The van der Waals surface area contributed by atoms with Crippen molar-refractivity contribution in [1.82, 2.24) is 0 Å². The van der Waals surface area contributed by atoms with Gasteiger partial charge < -0.3 is 0 Å². The number of carbonyl (C=O) groups is 2. The molecule has 0 amide bonds. The third-order valence-electron chi connectivity index (χ3n) is 8.07. The van der Waals surface area contributed by atoms with E-state index in [1.807, 2.05) is 0 Å². The summed E-state index contributed by atoms with van der Waals surface area (Å²) in [6, 6.07) is 17.7. The first-order chi connectivity index (χ1) is 26.1. The third kappa shape index (κ3) is 8.31. The van der Waals surface area contributed by atoms with E-state index >= 15 is 0 Å². The highest BCUT2D eigenvalue weighted by Crippen LogP contribution is 2.31. The Kier molecular flexibility index (Phi) is 10.3. The summed E-state index contributed by atoms with van der Waals surface area (Å²) < 4.78 is 137. The number of nitrogens with one attached hydrogen (secondary N) is 2. The van der Waals surface area contributed by atoms with Gasteiger partial charge >= 0.3 is 0 Å². The average Bonchev–Trinajstić information content (AvgIpc) is 3.12. The van der Waals surface area contributed by atoms with Crippen molar-refractivity contribution in [3.05, 3.63) is 130 Å². The molecular weight excluding hydrogens is 817 g/mol. The molecule has 0 spiro atoms. The second-order valence-corrected chi connectivity index (χ2v) is 17.3. The predicted octanol–water partition coefficient (Wildman–Crippen LogP) is 4.14. The van der Waals surface area contributed by atoms with Crippen molar-refractivity contribution >= 4 is 96.8 Å². The Morgan fingerprint density at radius 2 is 0.804 bits per heavy atom. The quantitative estimate of drug-likeness (QED) is 0.0743. The molecule has 6 rings (SSSR count). The first-order valence-electron chi connectivity index (χ1n) is 15.4. The fourth-order valence-electron chi connectivity index (χ4n) is 5.55. The third-order valence-corrected chi connectivity index (χ3v) is 11.7.